The van der Waals surface area contributed by atoms with Gasteiger partial charge in [0, 0.05) is 17.1 Å². The fourth-order valence-corrected chi connectivity index (χ4v) is 3.13. The molecule has 1 saturated heterocycles. The van der Waals surface area contributed by atoms with Crippen molar-refractivity contribution in [3.8, 4) is 0 Å². The number of esters is 1. The molecule has 1 rings (SSSR count). The van der Waals surface area contributed by atoms with Gasteiger partial charge in [0.15, 0.2) is 0 Å². The lowest BCUT2D eigenvalue weighted by Gasteiger charge is -2.47. The summed E-state index contributed by atoms with van der Waals surface area (Å²) in [6.07, 6.45) is 2.03. The Morgan fingerprint density at radius 3 is 2.28 bits per heavy atom. The molecule has 0 aliphatic carbocycles. The third-order valence-corrected chi connectivity index (χ3v) is 3.32. The highest BCUT2D eigenvalue weighted by Gasteiger charge is 2.38. The number of piperidine rings is 1. The Balaban J connectivity index is 2.59. The van der Waals surface area contributed by atoms with Gasteiger partial charge < -0.3 is 15.4 Å². The predicted octanol–water partition coefficient (Wildman–Crippen LogP) is 1.84. The molecule has 18 heavy (non-hydrogen) atoms. The van der Waals surface area contributed by atoms with Crippen molar-refractivity contribution in [2.24, 2.45) is 0 Å². The highest BCUT2D eigenvalue weighted by molar-refractivity contribution is 5.75. The number of nitrogens with one attached hydrogen (secondary N) is 2. The van der Waals surface area contributed by atoms with Crippen LogP contribution in [-0.2, 0) is 9.53 Å². The smallest absolute Gasteiger partial charge is 0.322 e. The number of ether oxygens (including phenoxy) is 1. The Labute approximate surface area is 111 Å². The molecule has 1 fully saturated rings. The van der Waals surface area contributed by atoms with E-state index >= 15 is 0 Å². The first-order valence-electron chi connectivity index (χ1n) is 6.87. The van der Waals surface area contributed by atoms with Gasteiger partial charge >= 0.3 is 5.97 Å². The van der Waals surface area contributed by atoms with Crippen LogP contribution in [0.2, 0.25) is 0 Å². The van der Waals surface area contributed by atoms with E-state index in [1.54, 1.807) is 0 Å². The number of hydrogen-bond acceptors (Lipinski definition) is 4. The molecule has 4 nitrogen and oxygen atoms in total. The lowest BCUT2D eigenvalue weighted by Crippen LogP contribution is -2.62. The lowest BCUT2D eigenvalue weighted by molar-refractivity contribution is -0.145. The maximum atomic E-state index is 11.6. The molecule has 0 amide bonds. The lowest BCUT2D eigenvalue weighted by atomic mass is 9.79. The third-order valence-electron chi connectivity index (χ3n) is 3.32. The first-order valence-corrected chi connectivity index (χ1v) is 6.87. The molecule has 0 aromatic heterocycles. The maximum absolute atomic E-state index is 11.6. The average molecular weight is 256 g/mol. The van der Waals surface area contributed by atoms with E-state index < -0.39 is 0 Å². The van der Waals surface area contributed by atoms with Crippen LogP contribution >= 0.6 is 0 Å². The fourth-order valence-electron chi connectivity index (χ4n) is 3.13. The highest BCUT2D eigenvalue weighted by Crippen LogP contribution is 2.28. The summed E-state index contributed by atoms with van der Waals surface area (Å²) in [5, 5.41) is 7.03. The predicted molar refractivity (Wildman–Crippen MR) is 73.5 cm³/mol. The molecule has 1 aliphatic rings. The molecule has 1 aliphatic heterocycles. The second-order valence-corrected chi connectivity index (χ2v) is 6.64. The van der Waals surface area contributed by atoms with Crippen molar-refractivity contribution in [2.45, 2.75) is 77.5 Å². The van der Waals surface area contributed by atoms with E-state index in [1.807, 2.05) is 13.8 Å². The summed E-state index contributed by atoms with van der Waals surface area (Å²) in [6, 6.07) is 0.107. The van der Waals surface area contributed by atoms with Crippen LogP contribution in [0.3, 0.4) is 0 Å². The zero-order chi connectivity index (χ0) is 14.0. The second kappa shape index (κ2) is 5.57. The minimum Gasteiger partial charge on any atom is -0.465 e. The number of carbonyl (C=O) groups excluding carboxylic acids is 1. The van der Waals surface area contributed by atoms with Crippen LogP contribution < -0.4 is 10.6 Å². The van der Waals surface area contributed by atoms with Crippen LogP contribution in [0.25, 0.3) is 0 Å². The Kier molecular flexibility index (Phi) is 4.78. The van der Waals surface area contributed by atoms with Crippen molar-refractivity contribution in [3.63, 3.8) is 0 Å². The van der Waals surface area contributed by atoms with Crippen LogP contribution in [0.15, 0.2) is 0 Å². The molecule has 0 spiro atoms. The normalized spacial score (nSPS) is 24.6. The summed E-state index contributed by atoms with van der Waals surface area (Å²) in [7, 11) is 0. The zero-order valence-electron chi connectivity index (χ0n) is 12.6. The molecule has 2 N–H and O–H groups in total. The van der Waals surface area contributed by atoms with Crippen molar-refractivity contribution in [2.75, 3.05) is 6.61 Å². The molecule has 0 saturated carbocycles. The topological polar surface area (TPSA) is 50.4 Å². The molecule has 1 atom stereocenters. The Morgan fingerprint density at radius 1 is 1.33 bits per heavy atom. The van der Waals surface area contributed by atoms with Gasteiger partial charge in [0.05, 0.1) is 6.61 Å². The summed E-state index contributed by atoms with van der Waals surface area (Å²) in [5.74, 6) is -0.161. The molecule has 0 aromatic rings. The Bertz CT molecular complexity index is 284. The third kappa shape index (κ3) is 4.58. The summed E-state index contributed by atoms with van der Waals surface area (Å²) in [4.78, 5) is 11.6. The molecular formula is C14H28N2O2. The zero-order valence-corrected chi connectivity index (χ0v) is 12.6. The molecule has 0 aromatic carbocycles. The molecule has 1 unspecified atom stereocenters. The monoisotopic (exact) mass is 256 g/mol. The largest absolute Gasteiger partial charge is 0.465 e. The minimum absolute atomic E-state index is 0.0911. The van der Waals surface area contributed by atoms with E-state index in [0.717, 1.165) is 12.8 Å². The molecular weight excluding hydrogens is 228 g/mol. The van der Waals surface area contributed by atoms with Crippen LogP contribution in [-0.4, -0.2) is 35.7 Å². The van der Waals surface area contributed by atoms with E-state index in [9.17, 15) is 4.79 Å². The SMILES string of the molecule is CCOC(=O)C(C)NC1CC(C)(C)NC(C)(C)C1. The standard InChI is InChI=1S/C14H28N2O2/c1-7-18-12(17)10(2)15-11-8-13(3,4)16-14(5,6)9-11/h10-11,15-16H,7-9H2,1-6H3. The molecule has 1 heterocycles. The highest BCUT2D eigenvalue weighted by atomic mass is 16.5. The van der Waals surface area contributed by atoms with Crippen molar-refractivity contribution >= 4 is 5.97 Å². The van der Waals surface area contributed by atoms with Gasteiger partial charge in [-0.1, -0.05) is 0 Å². The van der Waals surface area contributed by atoms with Gasteiger partial charge in [-0.05, 0) is 54.4 Å². The molecule has 4 heteroatoms. The van der Waals surface area contributed by atoms with Crippen LogP contribution in [0, 0.1) is 0 Å². The van der Waals surface area contributed by atoms with Crippen LogP contribution in [0.1, 0.15) is 54.4 Å². The van der Waals surface area contributed by atoms with Gasteiger partial charge in [-0.25, -0.2) is 0 Å². The summed E-state index contributed by atoms with van der Waals surface area (Å²) in [5.41, 5.74) is 0.182. The number of rotatable bonds is 4. The maximum Gasteiger partial charge on any atom is 0.322 e. The van der Waals surface area contributed by atoms with Gasteiger partial charge in [-0.15, -0.1) is 0 Å². The Morgan fingerprint density at radius 2 is 1.83 bits per heavy atom. The van der Waals surface area contributed by atoms with Gasteiger partial charge in [0.25, 0.3) is 0 Å². The van der Waals surface area contributed by atoms with Gasteiger partial charge in [-0.3, -0.25) is 4.79 Å². The quantitative estimate of drug-likeness (QED) is 0.754. The molecule has 0 radical (unpaired) electrons. The average Bonchev–Trinajstić information content (AvgIpc) is 2.12. The van der Waals surface area contributed by atoms with E-state index in [4.69, 9.17) is 4.74 Å². The Hall–Kier alpha value is -0.610. The second-order valence-electron chi connectivity index (χ2n) is 6.64. The fraction of sp³-hybridized carbons (Fsp3) is 0.929. The molecule has 0 bridgehead atoms. The first kappa shape index (κ1) is 15.4. The van der Waals surface area contributed by atoms with Crippen molar-refractivity contribution in [1.29, 1.82) is 0 Å². The van der Waals surface area contributed by atoms with E-state index in [-0.39, 0.29) is 23.1 Å². The van der Waals surface area contributed by atoms with Crippen molar-refractivity contribution in [1.82, 2.24) is 10.6 Å². The van der Waals surface area contributed by atoms with E-state index in [1.165, 1.54) is 0 Å². The van der Waals surface area contributed by atoms with Crippen LogP contribution in [0.4, 0.5) is 0 Å². The first-order chi connectivity index (χ1) is 8.15. The van der Waals surface area contributed by atoms with Gasteiger partial charge in [0.2, 0.25) is 0 Å². The van der Waals surface area contributed by atoms with Crippen molar-refractivity contribution < 1.29 is 9.53 Å². The summed E-state index contributed by atoms with van der Waals surface area (Å²) < 4.78 is 5.03. The summed E-state index contributed by atoms with van der Waals surface area (Å²) in [6.45, 7) is 13.0. The van der Waals surface area contributed by atoms with E-state index in [2.05, 4.69) is 38.3 Å². The van der Waals surface area contributed by atoms with Gasteiger partial charge in [-0.2, -0.15) is 0 Å². The molecule has 106 valence electrons. The van der Waals surface area contributed by atoms with Crippen molar-refractivity contribution in [3.05, 3.63) is 0 Å². The van der Waals surface area contributed by atoms with Gasteiger partial charge in [0.1, 0.15) is 6.04 Å². The van der Waals surface area contributed by atoms with Crippen LogP contribution in [0.5, 0.6) is 0 Å². The van der Waals surface area contributed by atoms with E-state index in [0.29, 0.717) is 12.6 Å². The number of hydrogen-bond donors (Lipinski definition) is 2. The number of carbonyl (C=O) groups is 1. The summed E-state index contributed by atoms with van der Waals surface area (Å²) >= 11 is 0. The minimum atomic E-state index is -0.236.